The van der Waals surface area contributed by atoms with Gasteiger partial charge in [-0.25, -0.2) is 0 Å². The van der Waals surface area contributed by atoms with Crippen LogP contribution in [-0.4, -0.2) is 11.5 Å². The molecule has 0 aliphatic heterocycles. The lowest BCUT2D eigenvalue weighted by molar-refractivity contribution is -0.384. The van der Waals surface area contributed by atoms with Crippen LogP contribution in [0.15, 0.2) is 22.7 Å². The third-order valence-corrected chi connectivity index (χ3v) is 4.04. The van der Waals surface area contributed by atoms with Crippen molar-refractivity contribution in [2.24, 2.45) is 5.41 Å². The van der Waals surface area contributed by atoms with Crippen molar-refractivity contribution in [3.8, 4) is 0 Å². The number of rotatable bonds is 6. The Morgan fingerprint density at radius 2 is 2.22 bits per heavy atom. The van der Waals surface area contributed by atoms with E-state index in [0.29, 0.717) is 11.1 Å². The molecular weight excluding hydrogens is 296 g/mol. The molecule has 1 aliphatic carbocycles. The summed E-state index contributed by atoms with van der Waals surface area (Å²) in [4.78, 5) is 10.6. The average molecular weight is 313 g/mol. The largest absolute Gasteiger partial charge is 0.379 e. The van der Waals surface area contributed by atoms with Crippen molar-refractivity contribution in [2.45, 2.75) is 32.6 Å². The maximum atomic E-state index is 11.0. The fourth-order valence-electron chi connectivity index (χ4n) is 2.31. The maximum Gasteiger partial charge on any atom is 0.293 e. The Hall–Kier alpha value is -1.10. The van der Waals surface area contributed by atoms with Crippen LogP contribution < -0.4 is 5.32 Å². The second-order valence-corrected chi connectivity index (χ2v) is 5.94. The van der Waals surface area contributed by atoms with Gasteiger partial charge in [0.1, 0.15) is 5.69 Å². The van der Waals surface area contributed by atoms with E-state index in [1.54, 1.807) is 12.1 Å². The van der Waals surface area contributed by atoms with Crippen LogP contribution in [0.4, 0.5) is 11.4 Å². The highest BCUT2D eigenvalue weighted by Crippen LogP contribution is 2.49. The third-order valence-electron chi connectivity index (χ3n) is 3.55. The van der Waals surface area contributed by atoms with Crippen molar-refractivity contribution >= 4 is 27.3 Å². The first-order chi connectivity index (χ1) is 8.56. The number of hydrogen-bond donors (Lipinski definition) is 1. The molecular formula is C13H17BrN2O2. The van der Waals surface area contributed by atoms with E-state index < -0.39 is 0 Å². The molecule has 0 unspecified atom stereocenters. The highest BCUT2D eigenvalue weighted by molar-refractivity contribution is 9.10. The summed E-state index contributed by atoms with van der Waals surface area (Å²) in [5.74, 6) is 0. The van der Waals surface area contributed by atoms with Gasteiger partial charge in [0, 0.05) is 17.1 Å². The summed E-state index contributed by atoms with van der Waals surface area (Å²) < 4.78 is 0.731. The Kier molecular flexibility index (Phi) is 3.90. The van der Waals surface area contributed by atoms with Crippen molar-refractivity contribution in [3.05, 3.63) is 32.8 Å². The SMILES string of the molecule is CCCC1(CNc2ccc(Br)cc2[N+](=O)[O-])CC1. The van der Waals surface area contributed by atoms with E-state index >= 15 is 0 Å². The van der Waals surface area contributed by atoms with Crippen molar-refractivity contribution in [2.75, 3.05) is 11.9 Å². The van der Waals surface area contributed by atoms with Crippen LogP contribution in [0.3, 0.4) is 0 Å². The topological polar surface area (TPSA) is 55.2 Å². The lowest BCUT2D eigenvalue weighted by Gasteiger charge is -2.15. The van der Waals surface area contributed by atoms with Gasteiger partial charge in [0.25, 0.3) is 5.69 Å². The summed E-state index contributed by atoms with van der Waals surface area (Å²) >= 11 is 3.26. The van der Waals surface area contributed by atoms with Crippen LogP contribution in [0.1, 0.15) is 32.6 Å². The van der Waals surface area contributed by atoms with Gasteiger partial charge in [-0.05, 0) is 36.8 Å². The molecule has 0 atom stereocenters. The van der Waals surface area contributed by atoms with Gasteiger partial charge in [-0.3, -0.25) is 10.1 Å². The molecule has 1 aromatic rings. The molecule has 1 aliphatic rings. The number of nitro benzene ring substituents is 1. The Labute approximate surface area is 115 Å². The van der Waals surface area contributed by atoms with Gasteiger partial charge in [-0.1, -0.05) is 29.3 Å². The average Bonchev–Trinajstić information content (AvgIpc) is 3.08. The van der Waals surface area contributed by atoms with Crippen LogP contribution in [0, 0.1) is 15.5 Å². The molecule has 0 bridgehead atoms. The number of nitro groups is 1. The van der Waals surface area contributed by atoms with Gasteiger partial charge in [-0.2, -0.15) is 0 Å². The number of nitrogens with zero attached hydrogens (tertiary/aromatic N) is 1. The fourth-order valence-corrected chi connectivity index (χ4v) is 2.66. The highest BCUT2D eigenvalue weighted by atomic mass is 79.9. The van der Waals surface area contributed by atoms with Gasteiger partial charge < -0.3 is 5.32 Å². The minimum atomic E-state index is -0.341. The summed E-state index contributed by atoms with van der Waals surface area (Å²) in [5, 5.41) is 14.2. The Morgan fingerprint density at radius 1 is 1.50 bits per heavy atom. The van der Waals surface area contributed by atoms with E-state index in [9.17, 15) is 10.1 Å². The molecule has 1 fully saturated rings. The van der Waals surface area contributed by atoms with Crippen LogP contribution in [-0.2, 0) is 0 Å². The molecule has 18 heavy (non-hydrogen) atoms. The zero-order chi connectivity index (χ0) is 13.2. The number of halogens is 1. The van der Waals surface area contributed by atoms with E-state index in [1.807, 2.05) is 6.07 Å². The van der Waals surface area contributed by atoms with Crippen LogP contribution in [0.2, 0.25) is 0 Å². The van der Waals surface area contributed by atoms with Gasteiger partial charge in [-0.15, -0.1) is 0 Å². The van der Waals surface area contributed by atoms with Crippen molar-refractivity contribution in [1.29, 1.82) is 0 Å². The first-order valence-corrected chi connectivity index (χ1v) is 7.03. The Balaban J connectivity index is 2.07. The lowest BCUT2D eigenvalue weighted by Crippen LogP contribution is -2.15. The van der Waals surface area contributed by atoms with Gasteiger partial charge in [0.15, 0.2) is 0 Å². The monoisotopic (exact) mass is 312 g/mol. The summed E-state index contributed by atoms with van der Waals surface area (Å²) in [5.41, 5.74) is 1.14. The zero-order valence-electron chi connectivity index (χ0n) is 10.4. The second kappa shape index (κ2) is 5.26. The minimum Gasteiger partial charge on any atom is -0.379 e. The Morgan fingerprint density at radius 3 is 2.78 bits per heavy atom. The predicted octanol–water partition coefficient (Wildman–Crippen LogP) is 4.35. The van der Waals surface area contributed by atoms with E-state index in [4.69, 9.17) is 0 Å². The smallest absolute Gasteiger partial charge is 0.293 e. The molecule has 0 spiro atoms. The second-order valence-electron chi connectivity index (χ2n) is 5.02. The number of benzene rings is 1. The summed E-state index contributed by atoms with van der Waals surface area (Å²) in [6.45, 7) is 3.02. The standard InChI is InChI=1S/C13H17BrN2O2/c1-2-5-13(6-7-13)9-15-11-4-3-10(14)8-12(11)16(17)18/h3-4,8,15H,2,5-7,9H2,1H3. The molecule has 0 saturated heterocycles. The van der Waals surface area contributed by atoms with Gasteiger partial charge in [0.05, 0.1) is 4.92 Å². The minimum absolute atomic E-state index is 0.136. The molecule has 0 radical (unpaired) electrons. The normalized spacial score (nSPS) is 16.3. The summed E-state index contributed by atoms with van der Waals surface area (Å²) in [7, 11) is 0. The predicted molar refractivity (Wildman–Crippen MR) is 75.9 cm³/mol. The molecule has 1 saturated carbocycles. The fraction of sp³-hybridized carbons (Fsp3) is 0.538. The quantitative estimate of drug-likeness (QED) is 0.627. The molecule has 5 heteroatoms. The zero-order valence-corrected chi connectivity index (χ0v) is 12.0. The first kappa shape index (κ1) is 13.3. The molecule has 98 valence electrons. The van der Waals surface area contributed by atoms with E-state index in [2.05, 4.69) is 28.2 Å². The van der Waals surface area contributed by atoms with Crippen molar-refractivity contribution in [1.82, 2.24) is 0 Å². The van der Waals surface area contributed by atoms with Crippen molar-refractivity contribution < 1.29 is 4.92 Å². The van der Waals surface area contributed by atoms with Gasteiger partial charge >= 0.3 is 0 Å². The molecule has 0 aromatic heterocycles. The molecule has 1 N–H and O–H groups in total. The molecule has 4 nitrogen and oxygen atoms in total. The van der Waals surface area contributed by atoms with Crippen LogP contribution >= 0.6 is 15.9 Å². The number of hydrogen-bond acceptors (Lipinski definition) is 3. The molecule has 0 amide bonds. The molecule has 1 aromatic carbocycles. The van der Waals surface area contributed by atoms with E-state index in [0.717, 1.165) is 11.0 Å². The van der Waals surface area contributed by atoms with Crippen molar-refractivity contribution in [3.63, 3.8) is 0 Å². The number of anilines is 1. The maximum absolute atomic E-state index is 11.0. The summed E-state index contributed by atoms with van der Waals surface area (Å²) in [6.07, 6.45) is 4.84. The highest BCUT2D eigenvalue weighted by Gasteiger charge is 2.41. The first-order valence-electron chi connectivity index (χ1n) is 6.24. The summed E-state index contributed by atoms with van der Waals surface area (Å²) in [6, 6.07) is 5.14. The van der Waals surface area contributed by atoms with Crippen LogP contribution in [0.25, 0.3) is 0 Å². The number of nitrogens with one attached hydrogen (secondary N) is 1. The molecule has 0 heterocycles. The van der Waals surface area contributed by atoms with E-state index in [1.165, 1.54) is 25.7 Å². The Bertz CT molecular complexity index is 458. The third kappa shape index (κ3) is 3.02. The lowest BCUT2D eigenvalue weighted by atomic mass is 10.0. The van der Waals surface area contributed by atoms with Crippen LogP contribution in [0.5, 0.6) is 0 Å². The van der Waals surface area contributed by atoms with Gasteiger partial charge in [0.2, 0.25) is 0 Å². The molecule has 2 rings (SSSR count). The van der Waals surface area contributed by atoms with E-state index in [-0.39, 0.29) is 10.6 Å².